The first-order valence-electron chi connectivity index (χ1n) is 7.90. The SMILES string of the molecule is CC(C)OC(=O)OCO[PH](=O)CO[C@@H](C)Cc1cnn2c(N)ncnc12. The molecule has 2 N–H and O–H groups in total. The molecule has 2 rings (SSSR count). The minimum atomic E-state index is -2.51. The first kappa shape index (κ1) is 20.1. The predicted octanol–water partition coefficient (Wildman–Crippen LogP) is 1.62. The van der Waals surface area contributed by atoms with E-state index < -0.39 is 21.0 Å². The van der Waals surface area contributed by atoms with E-state index in [1.54, 1.807) is 20.0 Å². The van der Waals surface area contributed by atoms with Crippen LogP contribution in [0.15, 0.2) is 12.5 Å². The number of aromatic nitrogens is 4. The Morgan fingerprint density at radius 3 is 2.85 bits per heavy atom. The zero-order valence-corrected chi connectivity index (χ0v) is 15.7. The summed E-state index contributed by atoms with van der Waals surface area (Å²) in [4.78, 5) is 19.1. The molecule has 0 saturated carbocycles. The maximum Gasteiger partial charge on any atom is 0.510 e. The number of nitrogens with zero attached hydrogens (tertiary/aromatic N) is 4. The topological polar surface area (TPSA) is 140 Å². The lowest BCUT2D eigenvalue weighted by atomic mass is 10.2. The molecule has 0 bridgehead atoms. The average Bonchev–Trinajstić information content (AvgIpc) is 2.97. The summed E-state index contributed by atoms with van der Waals surface area (Å²) in [6.07, 6.45) is 1.94. The molecular formula is C14H22N5O6P. The molecule has 144 valence electrons. The molecule has 0 aliphatic heterocycles. The highest BCUT2D eigenvalue weighted by atomic mass is 31.1. The summed E-state index contributed by atoms with van der Waals surface area (Å²) < 4.78 is 33.0. The van der Waals surface area contributed by atoms with Crippen molar-refractivity contribution in [3.63, 3.8) is 0 Å². The number of rotatable bonds is 9. The van der Waals surface area contributed by atoms with Gasteiger partial charge in [0.25, 0.3) is 0 Å². The molecule has 0 aliphatic rings. The molecule has 0 amide bonds. The zero-order chi connectivity index (χ0) is 19.1. The monoisotopic (exact) mass is 387 g/mol. The molecule has 2 aromatic heterocycles. The van der Waals surface area contributed by atoms with Crippen LogP contribution < -0.4 is 5.73 Å². The van der Waals surface area contributed by atoms with E-state index in [1.807, 2.05) is 6.92 Å². The van der Waals surface area contributed by atoms with E-state index in [4.69, 9.17) is 19.7 Å². The van der Waals surface area contributed by atoms with E-state index in [-0.39, 0.29) is 24.5 Å². The van der Waals surface area contributed by atoms with Crippen LogP contribution in [0.25, 0.3) is 5.65 Å². The van der Waals surface area contributed by atoms with E-state index in [0.29, 0.717) is 12.1 Å². The van der Waals surface area contributed by atoms with Gasteiger partial charge in [-0.25, -0.2) is 14.8 Å². The number of ether oxygens (including phenoxy) is 3. The van der Waals surface area contributed by atoms with E-state index in [2.05, 4.69) is 19.8 Å². The Morgan fingerprint density at radius 2 is 2.12 bits per heavy atom. The smallest absolute Gasteiger partial charge is 0.432 e. The first-order chi connectivity index (χ1) is 12.4. The summed E-state index contributed by atoms with van der Waals surface area (Å²) >= 11 is 0. The van der Waals surface area contributed by atoms with E-state index in [9.17, 15) is 9.36 Å². The third-order valence-electron chi connectivity index (χ3n) is 3.13. The van der Waals surface area contributed by atoms with Crippen LogP contribution in [0, 0.1) is 0 Å². The highest BCUT2D eigenvalue weighted by Crippen LogP contribution is 2.23. The Morgan fingerprint density at radius 1 is 1.35 bits per heavy atom. The largest absolute Gasteiger partial charge is 0.510 e. The molecule has 26 heavy (non-hydrogen) atoms. The van der Waals surface area contributed by atoms with Crippen molar-refractivity contribution in [2.24, 2.45) is 0 Å². The first-order valence-corrected chi connectivity index (χ1v) is 9.43. The van der Waals surface area contributed by atoms with Gasteiger partial charge in [-0.2, -0.15) is 9.61 Å². The molecule has 0 spiro atoms. The molecule has 0 aliphatic carbocycles. The van der Waals surface area contributed by atoms with Crippen molar-refractivity contribution in [2.45, 2.75) is 39.4 Å². The summed E-state index contributed by atoms with van der Waals surface area (Å²) in [7, 11) is -2.51. The summed E-state index contributed by atoms with van der Waals surface area (Å²) in [6, 6.07) is 0. The molecule has 0 aromatic carbocycles. The molecular weight excluding hydrogens is 365 g/mol. The van der Waals surface area contributed by atoms with Gasteiger partial charge in [0, 0.05) is 12.0 Å². The molecule has 0 radical (unpaired) electrons. The average molecular weight is 387 g/mol. The number of carbonyl (C=O) groups excluding carboxylic acids is 1. The second-order valence-electron chi connectivity index (χ2n) is 5.66. The second kappa shape index (κ2) is 9.46. The van der Waals surface area contributed by atoms with Gasteiger partial charge in [0.1, 0.15) is 12.7 Å². The van der Waals surface area contributed by atoms with Gasteiger partial charge in [0.15, 0.2) is 5.65 Å². The van der Waals surface area contributed by atoms with Crippen LogP contribution in [0.3, 0.4) is 0 Å². The van der Waals surface area contributed by atoms with Gasteiger partial charge in [0.05, 0.1) is 18.4 Å². The molecule has 0 fully saturated rings. The molecule has 12 heteroatoms. The number of fused-ring (bicyclic) bond motifs is 1. The molecule has 2 aromatic rings. The van der Waals surface area contributed by atoms with Gasteiger partial charge in [-0.15, -0.1) is 0 Å². The van der Waals surface area contributed by atoms with Crippen molar-refractivity contribution in [2.75, 3.05) is 18.9 Å². The van der Waals surface area contributed by atoms with E-state index in [1.165, 1.54) is 10.8 Å². The standard InChI is InChI=1S/C14H22N5O6P/c1-9(2)25-14(20)22-7-24-26(21)8-23-10(3)4-11-5-18-19-12(11)16-6-17-13(19)15/h5-6,9-10,26H,4,7-8H2,1-3H3,(H2,15,16,17)/t10-/m0/s1. The van der Waals surface area contributed by atoms with Crippen molar-refractivity contribution in [3.05, 3.63) is 18.1 Å². The van der Waals surface area contributed by atoms with Crippen LogP contribution in [-0.2, 0) is 29.7 Å². The number of hydrogen-bond acceptors (Lipinski definition) is 10. The molecule has 11 nitrogen and oxygen atoms in total. The van der Waals surface area contributed by atoms with Crippen molar-refractivity contribution in [3.8, 4) is 0 Å². The highest BCUT2D eigenvalue weighted by molar-refractivity contribution is 7.38. The maximum absolute atomic E-state index is 11.8. The number of nitrogens with two attached hydrogens (primary N) is 1. The van der Waals surface area contributed by atoms with Crippen molar-refractivity contribution in [1.82, 2.24) is 19.6 Å². The van der Waals surface area contributed by atoms with Crippen LogP contribution in [0.1, 0.15) is 26.3 Å². The fraction of sp³-hybridized carbons (Fsp3) is 0.571. The number of carbonyl (C=O) groups is 1. The van der Waals surface area contributed by atoms with Gasteiger partial charge < -0.3 is 19.9 Å². The Kier molecular flexibility index (Phi) is 7.31. The Bertz CT molecular complexity index is 767. The second-order valence-corrected chi connectivity index (χ2v) is 6.98. The van der Waals surface area contributed by atoms with Crippen LogP contribution in [-0.4, -0.2) is 51.1 Å². The minimum Gasteiger partial charge on any atom is -0.432 e. The maximum atomic E-state index is 11.8. The van der Waals surface area contributed by atoms with Gasteiger partial charge in [-0.05, 0) is 20.8 Å². The molecule has 1 unspecified atom stereocenters. The summed E-state index contributed by atoms with van der Waals surface area (Å²) in [5.41, 5.74) is 7.13. The predicted molar refractivity (Wildman–Crippen MR) is 92.0 cm³/mol. The van der Waals surface area contributed by atoms with Gasteiger partial charge >= 0.3 is 6.16 Å². The fourth-order valence-corrected chi connectivity index (χ4v) is 2.71. The van der Waals surface area contributed by atoms with Crippen LogP contribution in [0.5, 0.6) is 0 Å². The third-order valence-corrected chi connectivity index (χ3v) is 3.97. The minimum absolute atomic E-state index is 0.106. The van der Waals surface area contributed by atoms with Gasteiger partial charge in [-0.3, -0.25) is 9.09 Å². The number of nitrogen functional groups attached to an aromatic ring is 1. The highest BCUT2D eigenvalue weighted by Gasteiger charge is 2.14. The summed E-state index contributed by atoms with van der Waals surface area (Å²) in [5.74, 6) is 0.240. The summed E-state index contributed by atoms with van der Waals surface area (Å²) in [5, 5.41) is 4.11. The van der Waals surface area contributed by atoms with Crippen LogP contribution in [0.2, 0.25) is 0 Å². The Labute approximate surface area is 150 Å². The Balaban J connectivity index is 1.72. The quantitative estimate of drug-likeness (QED) is 0.383. The van der Waals surface area contributed by atoms with Gasteiger partial charge in [-0.1, -0.05) is 0 Å². The Hall–Kier alpha value is -2.23. The van der Waals surface area contributed by atoms with Crippen molar-refractivity contribution >= 4 is 25.8 Å². The summed E-state index contributed by atoms with van der Waals surface area (Å²) in [6.45, 7) is 4.74. The lowest BCUT2D eigenvalue weighted by Crippen LogP contribution is -2.14. The molecule has 2 heterocycles. The lowest BCUT2D eigenvalue weighted by Gasteiger charge is -2.12. The normalized spacial score (nSPS) is 13.7. The van der Waals surface area contributed by atoms with Crippen LogP contribution >= 0.6 is 8.03 Å². The van der Waals surface area contributed by atoms with Crippen molar-refractivity contribution < 1.29 is 28.1 Å². The zero-order valence-electron chi connectivity index (χ0n) is 14.7. The van der Waals surface area contributed by atoms with E-state index >= 15 is 0 Å². The number of hydrogen-bond donors (Lipinski definition) is 1. The number of anilines is 1. The van der Waals surface area contributed by atoms with Crippen LogP contribution in [0.4, 0.5) is 10.7 Å². The molecule has 2 atom stereocenters. The fourth-order valence-electron chi connectivity index (χ4n) is 2.01. The molecule has 0 saturated heterocycles. The van der Waals surface area contributed by atoms with Crippen molar-refractivity contribution in [1.29, 1.82) is 0 Å². The third kappa shape index (κ3) is 5.94. The van der Waals surface area contributed by atoms with E-state index in [0.717, 1.165) is 5.56 Å². The lowest BCUT2D eigenvalue weighted by molar-refractivity contribution is -0.00795. The van der Waals surface area contributed by atoms with Gasteiger partial charge in [0.2, 0.25) is 20.8 Å².